The predicted octanol–water partition coefficient (Wildman–Crippen LogP) is 2.84. The lowest BCUT2D eigenvalue weighted by molar-refractivity contribution is 0.0177. The lowest BCUT2D eigenvalue weighted by Crippen LogP contribution is -2.56. The van der Waals surface area contributed by atoms with E-state index in [0.29, 0.717) is 23.8 Å². The summed E-state index contributed by atoms with van der Waals surface area (Å²) < 4.78 is 18.5. The second kappa shape index (κ2) is 5.38. The van der Waals surface area contributed by atoms with Gasteiger partial charge in [0.1, 0.15) is 11.9 Å². The van der Waals surface area contributed by atoms with Gasteiger partial charge < -0.3 is 9.64 Å². The van der Waals surface area contributed by atoms with E-state index < -0.39 is 5.82 Å². The van der Waals surface area contributed by atoms with E-state index >= 15 is 0 Å². The fraction of sp³-hybridized carbons (Fsp3) is 0.231. The van der Waals surface area contributed by atoms with Gasteiger partial charge in [0, 0.05) is 11.6 Å². The van der Waals surface area contributed by atoms with Crippen molar-refractivity contribution in [2.75, 3.05) is 13.1 Å². The van der Waals surface area contributed by atoms with Crippen LogP contribution in [-0.2, 0) is 0 Å². The first kappa shape index (κ1) is 13.3. The number of ether oxygens (including phenoxy) is 1. The zero-order valence-electron chi connectivity index (χ0n) is 10.3. The van der Waals surface area contributed by atoms with Crippen molar-refractivity contribution in [2.45, 2.75) is 6.10 Å². The van der Waals surface area contributed by atoms with Crippen LogP contribution in [0.4, 0.5) is 4.39 Å². The lowest BCUT2D eigenvalue weighted by Gasteiger charge is -2.38. The van der Waals surface area contributed by atoms with Crippen LogP contribution in [0, 0.1) is 5.82 Å². The summed E-state index contributed by atoms with van der Waals surface area (Å²) in [5.74, 6) is -0.672. The van der Waals surface area contributed by atoms with Gasteiger partial charge in [0.25, 0.3) is 11.1 Å². The molecule has 0 N–H and O–H groups in total. The summed E-state index contributed by atoms with van der Waals surface area (Å²) >= 11 is 7.28. The maximum atomic E-state index is 12.9. The van der Waals surface area contributed by atoms with Crippen LogP contribution in [0.3, 0.4) is 0 Å². The van der Waals surface area contributed by atoms with Gasteiger partial charge in [0.05, 0.1) is 23.7 Å². The highest BCUT2D eigenvalue weighted by Gasteiger charge is 2.34. The van der Waals surface area contributed by atoms with Crippen LogP contribution in [0.5, 0.6) is 5.19 Å². The Balaban J connectivity index is 1.60. The number of benzene rings is 1. The molecule has 3 rings (SSSR count). The van der Waals surface area contributed by atoms with Gasteiger partial charge in [-0.05, 0) is 18.2 Å². The van der Waals surface area contributed by atoms with Crippen molar-refractivity contribution in [3.63, 3.8) is 0 Å². The Kier molecular flexibility index (Phi) is 3.58. The van der Waals surface area contributed by atoms with Crippen molar-refractivity contribution in [1.29, 1.82) is 0 Å². The fourth-order valence-electron chi connectivity index (χ4n) is 1.92. The molecule has 1 aliphatic rings. The Morgan fingerprint density at radius 2 is 2.30 bits per heavy atom. The summed E-state index contributed by atoms with van der Waals surface area (Å²) in [6.07, 6.45) is 1.61. The third kappa shape index (κ3) is 2.62. The van der Waals surface area contributed by atoms with Gasteiger partial charge in [-0.1, -0.05) is 22.9 Å². The first-order chi connectivity index (χ1) is 9.63. The molecular weight excluding hydrogens is 303 g/mol. The van der Waals surface area contributed by atoms with E-state index in [4.69, 9.17) is 16.3 Å². The van der Waals surface area contributed by atoms with Crippen molar-refractivity contribution in [3.8, 4) is 5.19 Å². The molecule has 0 atom stereocenters. The van der Waals surface area contributed by atoms with Gasteiger partial charge in [-0.3, -0.25) is 4.79 Å². The van der Waals surface area contributed by atoms with E-state index in [1.165, 1.54) is 23.5 Å². The van der Waals surface area contributed by atoms with Crippen molar-refractivity contribution in [1.82, 2.24) is 9.88 Å². The molecule has 0 saturated carbocycles. The summed E-state index contributed by atoms with van der Waals surface area (Å²) in [7, 11) is 0. The smallest absolute Gasteiger partial charge is 0.273 e. The predicted molar refractivity (Wildman–Crippen MR) is 73.8 cm³/mol. The minimum Gasteiger partial charge on any atom is -0.463 e. The van der Waals surface area contributed by atoms with E-state index in [0.717, 1.165) is 6.07 Å². The molecular formula is C13H10ClFN2O2S. The first-order valence-electron chi connectivity index (χ1n) is 5.94. The zero-order valence-corrected chi connectivity index (χ0v) is 11.8. The molecule has 1 aromatic heterocycles. The first-order valence-corrected chi connectivity index (χ1v) is 7.20. The van der Waals surface area contributed by atoms with Crippen LogP contribution < -0.4 is 4.74 Å². The number of rotatable bonds is 3. The number of halogens is 2. The monoisotopic (exact) mass is 312 g/mol. The molecule has 4 nitrogen and oxygen atoms in total. The Morgan fingerprint density at radius 1 is 1.50 bits per heavy atom. The van der Waals surface area contributed by atoms with Crippen molar-refractivity contribution < 1.29 is 13.9 Å². The van der Waals surface area contributed by atoms with Gasteiger partial charge in [-0.15, -0.1) is 0 Å². The normalized spacial score (nSPS) is 15.0. The molecule has 0 spiro atoms. The molecule has 1 saturated heterocycles. The van der Waals surface area contributed by atoms with E-state index in [9.17, 15) is 9.18 Å². The number of hydrogen-bond donors (Lipinski definition) is 0. The summed E-state index contributed by atoms with van der Waals surface area (Å²) in [5.41, 5.74) is 0.306. The number of carbonyl (C=O) groups excluding carboxylic acids is 1. The average Bonchev–Trinajstić information content (AvgIpc) is 2.85. The van der Waals surface area contributed by atoms with Crippen molar-refractivity contribution >= 4 is 28.8 Å². The number of thiazole rings is 1. The molecule has 0 radical (unpaired) electrons. The minimum atomic E-state index is -0.458. The Labute approximate surface area is 123 Å². The molecule has 104 valence electrons. The molecule has 1 amide bonds. The molecule has 2 heterocycles. The third-order valence-electron chi connectivity index (χ3n) is 2.97. The highest BCUT2D eigenvalue weighted by Crippen LogP contribution is 2.24. The molecule has 20 heavy (non-hydrogen) atoms. The highest BCUT2D eigenvalue weighted by molar-refractivity contribution is 7.11. The maximum absolute atomic E-state index is 12.9. The number of carbonyl (C=O) groups is 1. The second-order valence-corrected chi connectivity index (χ2v) is 5.64. The molecule has 1 aliphatic heterocycles. The standard InChI is InChI=1S/C13H10ClFN2O2S/c14-11-5-8(15)1-2-10(11)12(18)17-6-9(7-17)19-13-16-3-4-20-13/h1-5,9H,6-7H2. The van der Waals surface area contributed by atoms with E-state index in [2.05, 4.69) is 4.98 Å². The van der Waals surface area contributed by atoms with Crippen LogP contribution >= 0.6 is 22.9 Å². The largest absolute Gasteiger partial charge is 0.463 e. The third-order valence-corrected chi connectivity index (χ3v) is 3.95. The molecule has 1 aromatic carbocycles. The van der Waals surface area contributed by atoms with Crippen LogP contribution in [0.25, 0.3) is 0 Å². The maximum Gasteiger partial charge on any atom is 0.273 e. The van der Waals surface area contributed by atoms with Gasteiger partial charge in [0.15, 0.2) is 0 Å². The molecule has 7 heteroatoms. The number of hydrogen-bond acceptors (Lipinski definition) is 4. The van der Waals surface area contributed by atoms with Crippen LogP contribution in [-0.4, -0.2) is 35.0 Å². The Bertz CT molecular complexity index is 629. The number of nitrogens with zero attached hydrogens (tertiary/aromatic N) is 2. The van der Waals surface area contributed by atoms with Gasteiger partial charge in [-0.25, -0.2) is 9.37 Å². The van der Waals surface area contributed by atoms with Crippen LogP contribution in [0.15, 0.2) is 29.8 Å². The van der Waals surface area contributed by atoms with Crippen LogP contribution in [0.2, 0.25) is 5.02 Å². The van der Waals surface area contributed by atoms with E-state index in [1.807, 2.05) is 5.38 Å². The van der Waals surface area contributed by atoms with Crippen molar-refractivity contribution in [3.05, 3.63) is 46.2 Å². The molecule has 0 unspecified atom stereocenters. The second-order valence-electron chi connectivity index (χ2n) is 4.37. The summed E-state index contributed by atoms with van der Waals surface area (Å²) in [5, 5.41) is 2.55. The summed E-state index contributed by atoms with van der Waals surface area (Å²) in [6.45, 7) is 0.957. The number of aromatic nitrogens is 1. The zero-order chi connectivity index (χ0) is 14.1. The van der Waals surface area contributed by atoms with E-state index in [-0.39, 0.29) is 17.0 Å². The molecule has 1 fully saturated rings. The topological polar surface area (TPSA) is 42.4 Å². The molecule has 2 aromatic rings. The van der Waals surface area contributed by atoms with Gasteiger partial charge in [-0.2, -0.15) is 0 Å². The van der Waals surface area contributed by atoms with E-state index in [1.54, 1.807) is 11.1 Å². The minimum absolute atomic E-state index is 0.0516. The molecule has 0 bridgehead atoms. The van der Waals surface area contributed by atoms with Crippen LogP contribution in [0.1, 0.15) is 10.4 Å². The number of amides is 1. The quantitative estimate of drug-likeness (QED) is 0.875. The van der Waals surface area contributed by atoms with Crippen molar-refractivity contribution in [2.24, 2.45) is 0 Å². The van der Waals surface area contributed by atoms with Gasteiger partial charge >= 0.3 is 0 Å². The average molecular weight is 313 g/mol. The number of likely N-dealkylation sites (tertiary alicyclic amines) is 1. The summed E-state index contributed by atoms with van der Waals surface area (Å²) in [4.78, 5) is 17.8. The Morgan fingerprint density at radius 3 is 2.95 bits per heavy atom. The molecule has 0 aliphatic carbocycles. The highest BCUT2D eigenvalue weighted by atomic mass is 35.5. The lowest BCUT2D eigenvalue weighted by atomic mass is 10.1. The Hall–Kier alpha value is -1.66. The SMILES string of the molecule is O=C(c1ccc(F)cc1Cl)N1CC(Oc2nccs2)C1. The fourth-order valence-corrected chi connectivity index (χ4v) is 2.72. The summed E-state index contributed by atoms with van der Waals surface area (Å²) in [6, 6.07) is 3.76. The van der Waals surface area contributed by atoms with Gasteiger partial charge in [0.2, 0.25) is 0 Å².